The lowest BCUT2D eigenvalue weighted by molar-refractivity contribution is 0.269. The Morgan fingerprint density at radius 2 is 2.00 bits per heavy atom. The molecular formula is C8H17NO2Si. The lowest BCUT2D eigenvalue weighted by Crippen LogP contribution is -2.25. The van der Waals surface area contributed by atoms with E-state index >= 15 is 0 Å². The summed E-state index contributed by atoms with van der Waals surface area (Å²) in [5.41, 5.74) is -0.0000463. The summed E-state index contributed by atoms with van der Waals surface area (Å²) in [5.74, 6) is 0. The summed E-state index contributed by atoms with van der Waals surface area (Å²) in [4.78, 5) is 0. The molecule has 12 heavy (non-hydrogen) atoms. The number of rotatable bonds is 6. The van der Waals surface area contributed by atoms with E-state index in [1.807, 2.05) is 0 Å². The lowest BCUT2D eigenvalue weighted by atomic mass is 10.2. The fourth-order valence-corrected chi connectivity index (χ4v) is 2.59. The van der Waals surface area contributed by atoms with Crippen molar-refractivity contribution in [3.8, 4) is 6.07 Å². The number of hydrogen-bond acceptors (Lipinski definition) is 3. The molecule has 0 aromatic heterocycles. The van der Waals surface area contributed by atoms with Gasteiger partial charge in [0.25, 0.3) is 0 Å². The summed E-state index contributed by atoms with van der Waals surface area (Å²) in [5, 5.41) is 8.81. The zero-order valence-electron chi connectivity index (χ0n) is 8.04. The van der Waals surface area contributed by atoms with Crippen molar-refractivity contribution in [3.05, 3.63) is 0 Å². The predicted octanol–water partition coefficient (Wildman–Crippen LogP) is 1.58. The second-order valence-electron chi connectivity index (χ2n) is 2.72. The van der Waals surface area contributed by atoms with Crippen molar-refractivity contribution in [2.24, 2.45) is 0 Å². The van der Waals surface area contributed by atoms with Crippen LogP contribution in [-0.4, -0.2) is 23.5 Å². The van der Waals surface area contributed by atoms with Gasteiger partial charge in [0.2, 0.25) is 0 Å². The second kappa shape index (κ2) is 7.29. The lowest BCUT2D eigenvalue weighted by Gasteiger charge is -2.15. The largest absolute Gasteiger partial charge is 0.399 e. The van der Waals surface area contributed by atoms with E-state index in [0.717, 1.165) is 19.3 Å². The third-order valence-electron chi connectivity index (χ3n) is 1.83. The molecule has 0 fully saturated rings. The Morgan fingerprint density at radius 3 is 2.33 bits per heavy atom. The first-order valence-electron chi connectivity index (χ1n) is 4.25. The highest BCUT2D eigenvalue weighted by molar-refractivity contribution is 6.47. The zero-order chi connectivity index (χ0) is 9.40. The Hall–Kier alpha value is -0.373. The van der Waals surface area contributed by atoms with Gasteiger partial charge < -0.3 is 8.85 Å². The van der Waals surface area contributed by atoms with Crippen molar-refractivity contribution in [2.45, 2.75) is 31.7 Å². The van der Waals surface area contributed by atoms with Crippen molar-refractivity contribution >= 4 is 9.28 Å². The van der Waals surface area contributed by atoms with Crippen molar-refractivity contribution < 1.29 is 8.85 Å². The van der Waals surface area contributed by atoms with Gasteiger partial charge in [0.05, 0.1) is 11.6 Å². The number of hydrogen-bond donors (Lipinski definition) is 0. The van der Waals surface area contributed by atoms with Crippen LogP contribution in [0.4, 0.5) is 0 Å². The van der Waals surface area contributed by atoms with Gasteiger partial charge in [-0.05, 0) is 6.42 Å². The molecule has 1 atom stereocenters. The summed E-state index contributed by atoms with van der Waals surface area (Å²) >= 11 is 0. The van der Waals surface area contributed by atoms with Gasteiger partial charge in [-0.2, -0.15) is 5.26 Å². The molecule has 0 N–H and O–H groups in total. The molecule has 0 saturated heterocycles. The molecule has 1 unspecified atom stereocenters. The summed E-state index contributed by atoms with van der Waals surface area (Å²) in [6, 6.07) is 2.25. The summed E-state index contributed by atoms with van der Waals surface area (Å²) < 4.78 is 10.3. The van der Waals surface area contributed by atoms with Gasteiger partial charge in [-0.3, -0.25) is 0 Å². The topological polar surface area (TPSA) is 42.2 Å². The standard InChI is InChI=1S/C8H17NO2Si/c1-4-5-6-8(7-9)12(10-2)11-3/h8,12H,4-6H2,1-3H3. The van der Waals surface area contributed by atoms with Crippen LogP contribution in [0.25, 0.3) is 0 Å². The van der Waals surface area contributed by atoms with Gasteiger partial charge in [-0.25, -0.2) is 0 Å². The Bertz CT molecular complexity index is 142. The van der Waals surface area contributed by atoms with Crippen LogP contribution in [-0.2, 0) is 8.85 Å². The molecule has 0 aliphatic rings. The van der Waals surface area contributed by atoms with Crippen LogP contribution < -0.4 is 0 Å². The average Bonchev–Trinajstić information content (AvgIpc) is 2.12. The fraction of sp³-hybridized carbons (Fsp3) is 0.875. The van der Waals surface area contributed by atoms with Crippen LogP contribution in [0.2, 0.25) is 5.54 Å². The third-order valence-corrected chi connectivity index (χ3v) is 3.90. The summed E-state index contributed by atoms with van der Waals surface area (Å²) in [6.07, 6.45) is 3.10. The van der Waals surface area contributed by atoms with Crippen LogP contribution >= 0.6 is 0 Å². The minimum atomic E-state index is -1.70. The van der Waals surface area contributed by atoms with E-state index in [-0.39, 0.29) is 5.54 Å². The number of unbranched alkanes of at least 4 members (excludes halogenated alkanes) is 1. The van der Waals surface area contributed by atoms with Gasteiger partial charge >= 0.3 is 9.28 Å². The Balaban J connectivity index is 3.86. The first-order chi connectivity index (χ1) is 5.79. The third kappa shape index (κ3) is 3.86. The van der Waals surface area contributed by atoms with E-state index in [2.05, 4.69) is 13.0 Å². The molecule has 0 aliphatic carbocycles. The maximum absolute atomic E-state index is 8.81. The molecule has 0 radical (unpaired) electrons. The first-order valence-corrected chi connectivity index (χ1v) is 5.86. The molecule has 0 rings (SSSR count). The smallest absolute Gasteiger partial charge is 0.338 e. The molecule has 0 aliphatic heterocycles. The van der Waals surface area contributed by atoms with Gasteiger partial charge in [0.1, 0.15) is 0 Å². The van der Waals surface area contributed by atoms with Gasteiger partial charge in [-0.15, -0.1) is 0 Å². The van der Waals surface area contributed by atoms with E-state index in [0.29, 0.717) is 0 Å². The SMILES string of the molecule is CCCCC(C#N)[SiH](OC)OC. The van der Waals surface area contributed by atoms with E-state index in [4.69, 9.17) is 14.1 Å². The summed E-state index contributed by atoms with van der Waals surface area (Å²) in [6.45, 7) is 2.12. The molecule has 4 heteroatoms. The van der Waals surface area contributed by atoms with E-state index in [1.54, 1.807) is 14.2 Å². The van der Waals surface area contributed by atoms with Crippen molar-refractivity contribution in [1.82, 2.24) is 0 Å². The minimum Gasteiger partial charge on any atom is -0.399 e. The highest BCUT2D eigenvalue weighted by Crippen LogP contribution is 2.18. The maximum atomic E-state index is 8.81. The monoisotopic (exact) mass is 187 g/mol. The van der Waals surface area contributed by atoms with Crippen LogP contribution in [0.1, 0.15) is 26.2 Å². The van der Waals surface area contributed by atoms with E-state index in [9.17, 15) is 0 Å². The average molecular weight is 187 g/mol. The normalized spacial score (nSPS) is 12.9. The van der Waals surface area contributed by atoms with Crippen LogP contribution in [0.3, 0.4) is 0 Å². The van der Waals surface area contributed by atoms with Gasteiger partial charge in [-0.1, -0.05) is 19.8 Å². The molecule has 0 aromatic carbocycles. The molecule has 0 heterocycles. The van der Waals surface area contributed by atoms with Crippen molar-refractivity contribution in [3.63, 3.8) is 0 Å². The molecule has 70 valence electrons. The molecule has 3 nitrogen and oxygen atoms in total. The second-order valence-corrected chi connectivity index (χ2v) is 5.20. The molecule has 0 spiro atoms. The fourth-order valence-electron chi connectivity index (χ4n) is 1.11. The van der Waals surface area contributed by atoms with Gasteiger partial charge in [0.15, 0.2) is 0 Å². The molecule has 0 bridgehead atoms. The molecule has 0 saturated carbocycles. The number of nitriles is 1. The predicted molar refractivity (Wildman–Crippen MR) is 50.1 cm³/mol. The van der Waals surface area contributed by atoms with Gasteiger partial charge in [0, 0.05) is 14.2 Å². The Morgan fingerprint density at radius 1 is 1.42 bits per heavy atom. The van der Waals surface area contributed by atoms with Crippen molar-refractivity contribution in [2.75, 3.05) is 14.2 Å². The van der Waals surface area contributed by atoms with Crippen LogP contribution in [0.5, 0.6) is 0 Å². The first kappa shape index (κ1) is 11.6. The van der Waals surface area contributed by atoms with E-state index < -0.39 is 9.28 Å². The molecule has 0 aromatic rings. The maximum Gasteiger partial charge on any atom is 0.338 e. The summed E-state index contributed by atoms with van der Waals surface area (Å²) in [7, 11) is 1.54. The quantitative estimate of drug-likeness (QED) is 0.593. The highest BCUT2D eigenvalue weighted by Gasteiger charge is 2.23. The molecular weight excluding hydrogens is 170 g/mol. The van der Waals surface area contributed by atoms with Crippen LogP contribution in [0, 0.1) is 11.3 Å². The Kier molecular flexibility index (Phi) is 7.06. The molecule has 0 amide bonds. The van der Waals surface area contributed by atoms with Crippen LogP contribution in [0.15, 0.2) is 0 Å². The van der Waals surface area contributed by atoms with Crippen molar-refractivity contribution in [1.29, 1.82) is 5.26 Å². The Labute approximate surface area is 76.1 Å². The highest BCUT2D eigenvalue weighted by atomic mass is 28.3. The number of nitrogens with zero attached hydrogens (tertiary/aromatic N) is 1. The van der Waals surface area contributed by atoms with E-state index in [1.165, 1.54) is 0 Å². The minimum absolute atomic E-state index is 0.0000463. The zero-order valence-corrected chi connectivity index (χ0v) is 9.19.